The maximum Gasteiger partial charge on any atom is 0.252 e. The molecule has 0 aromatic carbocycles. The molecule has 0 spiro atoms. The molecule has 1 fully saturated rings. The second kappa shape index (κ2) is 7.64. The summed E-state index contributed by atoms with van der Waals surface area (Å²) in [6, 6.07) is 1.66. The monoisotopic (exact) mass is 309 g/mol. The van der Waals surface area contributed by atoms with Gasteiger partial charge in [-0.05, 0) is 30.7 Å². The molecule has 0 bridgehead atoms. The van der Waals surface area contributed by atoms with Crippen molar-refractivity contribution in [3.05, 3.63) is 22.8 Å². The van der Waals surface area contributed by atoms with Crippen molar-refractivity contribution in [2.24, 2.45) is 11.8 Å². The topological polar surface area (TPSA) is 54.0 Å². The highest BCUT2D eigenvalue weighted by molar-refractivity contribution is 6.33. The molecule has 1 amide bonds. The SMILES string of the molecule is CCC1CCC(CNC(=O)c2cnc(NC)c(Cl)c2)CC1. The van der Waals surface area contributed by atoms with Crippen molar-refractivity contribution < 1.29 is 4.79 Å². The fourth-order valence-electron chi connectivity index (χ4n) is 2.93. The molecule has 1 saturated carbocycles. The Morgan fingerprint density at radius 2 is 2.00 bits per heavy atom. The molecule has 0 radical (unpaired) electrons. The fraction of sp³-hybridized carbons (Fsp3) is 0.625. The Kier molecular flexibility index (Phi) is 5.85. The van der Waals surface area contributed by atoms with Crippen LogP contribution in [0.5, 0.6) is 0 Å². The lowest BCUT2D eigenvalue weighted by Crippen LogP contribution is -2.31. The molecule has 1 aliphatic rings. The number of hydrogen-bond acceptors (Lipinski definition) is 3. The zero-order chi connectivity index (χ0) is 15.2. The van der Waals surface area contributed by atoms with E-state index in [4.69, 9.17) is 11.6 Å². The van der Waals surface area contributed by atoms with E-state index in [0.717, 1.165) is 12.5 Å². The van der Waals surface area contributed by atoms with Crippen LogP contribution in [-0.4, -0.2) is 24.5 Å². The van der Waals surface area contributed by atoms with Crippen molar-refractivity contribution in [1.82, 2.24) is 10.3 Å². The normalized spacial score (nSPS) is 21.9. The third-order valence-corrected chi connectivity index (χ3v) is 4.72. The average Bonchev–Trinajstić information content (AvgIpc) is 2.53. The number of aromatic nitrogens is 1. The zero-order valence-corrected chi connectivity index (χ0v) is 13.5. The predicted molar refractivity (Wildman–Crippen MR) is 86.9 cm³/mol. The summed E-state index contributed by atoms with van der Waals surface area (Å²) in [6.07, 6.45) is 7.86. The molecule has 21 heavy (non-hydrogen) atoms. The van der Waals surface area contributed by atoms with Gasteiger partial charge in [0.25, 0.3) is 5.91 Å². The standard InChI is InChI=1S/C16H24ClN3O/c1-3-11-4-6-12(7-5-11)9-20-16(21)13-8-14(17)15(18-2)19-10-13/h8,10-12H,3-7,9H2,1-2H3,(H,18,19)(H,20,21). The summed E-state index contributed by atoms with van der Waals surface area (Å²) in [5.74, 6) is 1.99. The van der Waals surface area contributed by atoms with Crippen molar-refractivity contribution in [3.63, 3.8) is 0 Å². The Bertz CT molecular complexity index is 484. The summed E-state index contributed by atoms with van der Waals surface area (Å²) in [6.45, 7) is 3.01. The number of nitrogens with zero attached hydrogens (tertiary/aromatic N) is 1. The van der Waals surface area contributed by atoms with Crippen LogP contribution in [0, 0.1) is 11.8 Å². The van der Waals surface area contributed by atoms with E-state index in [2.05, 4.69) is 22.5 Å². The zero-order valence-electron chi connectivity index (χ0n) is 12.8. The molecule has 0 saturated heterocycles. The molecule has 1 aromatic rings. The van der Waals surface area contributed by atoms with E-state index >= 15 is 0 Å². The van der Waals surface area contributed by atoms with Crippen LogP contribution in [0.2, 0.25) is 5.02 Å². The van der Waals surface area contributed by atoms with Crippen LogP contribution in [0.15, 0.2) is 12.3 Å². The molecule has 4 nitrogen and oxygen atoms in total. The smallest absolute Gasteiger partial charge is 0.252 e. The molecule has 1 aliphatic carbocycles. The lowest BCUT2D eigenvalue weighted by atomic mass is 9.81. The molecule has 116 valence electrons. The minimum absolute atomic E-state index is 0.0929. The van der Waals surface area contributed by atoms with Gasteiger partial charge >= 0.3 is 0 Å². The third kappa shape index (κ3) is 4.34. The molecule has 0 unspecified atom stereocenters. The first kappa shape index (κ1) is 16.1. The van der Waals surface area contributed by atoms with Crippen molar-refractivity contribution in [1.29, 1.82) is 0 Å². The maximum absolute atomic E-state index is 12.1. The second-order valence-corrected chi connectivity index (χ2v) is 6.22. The number of carbonyl (C=O) groups is 1. The van der Waals surface area contributed by atoms with Crippen molar-refractivity contribution in [3.8, 4) is 0 Å². The van der Waals surface area contributed by atoms with Crippen LogP contribution < -0.4 is 10.6 Å². The fourth-order valence-corrected chi connectivity index (χ4v) is 3.19. The summed E-state index contributed by atoms with van der Waals surface area (Å²) in [5.41, 5.74) is 0.515. The summed E-state index contributed by atoms with van der Waals surface area (Å²) >= 11 is 6.05. The predicted octanol–water partition coefficient (Wildman–Crippen LogP) is 3.72. The maximum atomic E-state index is 12.1. The van der Waals surface area contributed by atoms with Gasteiger partial charge in [0.05, 0.1) is 10.6 Å². The van der Waals surface area contributed by atoms with Gasteiger partial charge in [-0.15, -0.1) is 0 Å². The molecule has 1 aromatic heterocycles. The number of halogens is 1. The lowest BCUT2D eigenvalue weighted by molar-refractivity contribution is 0.0941. The average molecular weight is 310 g/mol. The quantitative estimate of drug-likeness (QED) is 0.871. The Morgan fingerprint density at radius 3 is 2.57 bits per heavy atom. The number of pyridine rings is 1. The van der Waals surface area contributed by atoms with Gasteiger partial charge in [-0.1, -0.05) is 37.8 Å². The van der Waals surface area contributed by atoms with Gasteiger partial charge in [-0.2, -0.15) is 0 Å². The summed E-state index contributed by atoms with van der Waals surface area (Å²) in [7, 11) is 1.75. The van der Waals surface area contributed by atoms with E-state index in [1.165, 1.54) is 32.1 Å². The number of nitrogens with one attached hydrogen (secondary N) is 2. The number of anilines is 1. The highest BCUT2D eigenvalue weighted by atomic mass is 35.5. The minimum Gasteiger partial charge on any atom is -0.372 e. The molecule has 0 aliphatic heterocycles. The molecular formula is C16H24ClN3O. The molecule has 2 N–H and O–H groups in total. The Hall–Kier alpha value is -1.29. The van der Waals surface area contributed by atoms with Crippen LogP contribution >= 0.6 is 11.6 Å². The number of rotatable bonds is 5. The van der Waals surface area contributed by atoms with Crippen LogP contribution in [0.3, 0.4) is 0 Å². The van der Waals surface area contributed by atoms with Crippen LogP contribution in [0.25, 0.3) is 0 Å². The van der Waals surface area contributed by atoms with Gasteiger partial charge in [0.1, 0.15) is 5.82 Å². The summed E-state index contributed by atoms with van der Waals surface area (Å²) in [4.78, 5) is 16.3. The van der Waals surface area contributed by atoms with Gasteiger partial charge in [0.15, 0.2) is 0 Å². The Morgan fingerprint density at radius 1 is 1.33 bits per heavy atom. The molecule has 1 heterocycles. The lowest BCUT2D eigenvalue weighted by Gasteiger charge is -2.27. The number of carbonyl (C=O) groups excluding carboxylic acids is 1. The summed E-state index contributed by atoms with van der Waals surface area (Å²) in [5, 5.41) is 6.35. The number of hydrogen-bond donors (Lipinski definition) is 2. The van der Waals surface area contributed by atoms with E-state index in [-0.39, 0.29) is 5.91 Å². The molecule has 5 heteroatoms. The van der Waals surface area contributed by atoms with Crippen molar-refractivity contribution in [2.45, 2.75) is 39.0 Å². The van der Waals surface area contributed by atoms with Crippen LogP contribution in [0.4, 0.5) is 5.82 Å². The van der Waals surface area contributed by atoms with E-state index in [1.54, 1.807) is 19.3 Å². The Balaban J connectivity index is 1.83. The first-order valence-corrected chi connectivity index (χ1v) is 8.13. The largest absolute Gasteiger partial charge is 0.372 e. The Labute approximate surface area is 131 Å². The second-order valence-electron chi connectivity index (χ2n) is 5.81. The van der Waals surface area contributed by atoms with Gasteiger partial charge in [0, 0.05) is 19.8 Å². The highest BCUT2D eigenvalue weighted by Crippen LogP contribution is 2.30. The van der Waals surface area contributed by atoms with Crippen LogP contribution in [-0.2, 0) is 0 Å². The summed E-state index contributed by atoms with van der Waals surface area (Å²) < 4.78 is 0. The van der Waals surface area contributed by atoms with Gasteiger partial charge in [0.2, 0.25) is 0 Å². The third-order valence-electron chi connectivity index (χ3n) is 4.44. The van der Waals surface area contributed by atoms with E-state index in [0.29, 0.717) is 22.3 Å². The minimum atomic E-state index is -0.0929. The van der Waals surface area contributed by atoms with Gasteiger partial charge in [-0.3, -0.25) is 4.79 Å². The van der Waals surface area contributed by atoms with E-state index < -0.39 is 0 Å². The van der Waals surface area contributed by atoms with Crippen molar-refractivity contribution in [2.75, 3.05) is 18.9 Å². The first-order valence-electron chi connectivity index (χ1n) is 7.75. The van der Waals surface area contributed by atoms with Crippen molar-refractivity contribution >= 4 is 23.3 Å². The number of amides is 1. The van der Waals surface area contributed by atoms with Gasteiger partial charge in [-0.25, -0.2) is 4.98 Å². The molecule has 0 atom stereocenters. The van der Waals surface area contributed by atoms with Gasteiger partial charge < -0.3 is 10.6 Å². The molecular weight excluding hydrogens is 286 g/mol. The highest BCUT2D eigenvalue weighted by Gasteiger charge is 2.20. The molecule has 2 rings (SSSR count). The van der Waals surface area contributed by atoms with E-state index in [1.807, 2.05) is 0 Å². The van der Waals surface area contributed by atoms with Crippen LogP contribution in [0.1, 0.15) is 49.4 Å². The van der Waals surface area contributed by atoms with E-state index in [9.17, 15) is 4.79 Å². The first-order chi connectivity index (χ1) is 10.1.